The molecule has 0 spiro atoms. The normalized spacial score (nSPS) is 29.6. The second kappa shape index (κ2) is 9.33. The van der Waals surface area contributed by atoms with Crippen molar-refractivity contribution in [2.75, 3.05) is 0 Å². The Bertz CT molecular complexity index is 1370. The molecular formula is C32H33NO5. The number of imide groups is 1. The van der Waals surface area contributed by atoms with E-state index < -0.39 is 17.8 Å². The number of hydrogen-bond acceptors (Lipinski definition) is 5. The van der Waals surface area contributed by atoms with E-state index in [0.29, 0.717) is 40.7 Å². The zero-order valence-corrected chi connectivity index (χ0v) is 21.7. The van der Waals surface area contributed by atoms with Gasteiger partial charge in [-0.1, -0.05) is 55.2 Å². The zero-order chi connectivity index (χ0) is 26.7. The third kappa shape index (κ3) is 3.60. The minimum absolute atomic E-state index is 0.0466. The van der Waals surface area contributed by atoms with Crippen LogP contribution in [0.1, 0.15) is 68.9 Å². The molecule has 0 radical (unpaired) electrons. The highest BCUT2D eigenvalue weighted by atomic mass is 16.3. The van der Waals surface area contributed by atoms with Crippen LogP contribution in [0.25, 0.3) is 0 Å². The summed E-state index contributed by atoms with van der Waals surface area (Å²) >= 11 is 0. The number of allylic oxidation sites excluding steroid dienone is 7. The van der Waals surface area contributed by atoms with Crippen LogP contribution in [0.2, 0.25) is 0 Å². The van der Waals surface area contributed by atoms with Gasteiger partial charge in [-0.2, -0.15) is 0 Å². The maximum Gasteiger partial charge on any atom is 0.233 e. The van der Waals surface area contributed by atoms with Crippen molar-refractivity contribution in [2.24, 2.45) is 17.8 Å². The van der Waals surface area contributed by atoms with Crippen molar-refractivity contribution in [3.8, 4) is 5.75 Å². The fraction of sp³-hybridized carbons (Fsp3) is 0.438. The summed E-state index contributed by atoms with van der Waals surface area (Å²) in [6, 6.07) is 5.41. The molecule has 6 heteroatoms. The Morgan fingerprint density at radius 1 is 1.05 bits per heavy atom. The molecule has 5 aliphatic rings. The Hall–Kier alpha value is -3.54. The number of para-hydroxylation sites is 1. The lowest BCUT2D eigenvalue weighted by molar-refractivity contribution is -0.143. The molecule has 196 valence electrons. The van der Waals surface area contributed by atoms with E-state index in [-0.39, 0.29) is 47.5 Å². The van der Waals surface area contributed by atoms with E-state index >= 15 is 0 Å². The number of hydrogen-bond donors (Lipinski definition) is 1. The van der Waals surface area contributed by atoms with E-state index in [0.717, 1.165) is 37.7 Å². The van der Waals surface area contributed by atoms with Crippen LogP contribution in [0.4, 0.5) is 0 Å². The fourth-order valence-corrected chi connectivity index (χ4v) is 7.63. The molecule has 1 aromatic rings. The SMILES string of the molecule is C=CCc1cccc(C2C3=CCC4C(=O)N(C5CCCCC5)C(=O)C4C3CC3=C2C(=O)C=C(C)C3=O)c1O. The second-order valence-electron chi connectivity index (χ2n) is 11.4. The first-order valence-corrected chi connectivity index (χ1v) is 13.8. The first kappa shape index (κ1) is 24.8. The van der Waals surface area contributed by atoms with Gasteiger partial charge in [-0.3, -0.25) is 24.1 Å². The highest BCUT2D eigenvalue weighted by Crippen LogP contribution is 2.56. The van der Waals surface area contributed by atoms with Crippen molar-refractivity contribution in [3.05, 3.63) is 76.4 Å². The van der Waals surface area contributed by atoms with Crippen molar-refractivity contribution < 1.29 is 24.3 Å². The molecule has 4 unspecified atom stereocenters. The van der Waals surface area contributed by atoms with Crippen LogP contribution in [0, 0.1) is 17.8 Å². The number of benzene rings is 1. The lowest BCUT2D eigenvalue weighted by atomic mass is 9.59. The molecule has 4 aliphatic carbocycles. The average Bonchev–Trinajstić information content (AvgIpc) is 3.18. The fourth-order valence-electron chi connectivity index (χ4n) is 7.63. The maximum absolute atomic E-state index is 14.0. The van der Waals surface area contributed by atoms with Crippen LogP contribution in [-0.2, 0) is 25.6 Å². The smallest absolute Gasteiger partial charge is 0.233 e. The first-order chi connectivity index (χ1) is 18.3. The van der Waals surface area contributed by atoms with Gasteiger partial charge >= 0.3 is 0 Å². The number of phenolic OH excluding ortho intramolecular Hbond substituents is 1. The van der Waals surface area contributed by atoms with Gasteiger partial charge in [0.2, 0.25) is 11.8 Å². The molecule has 1 aromatic carbocycles. The van der Waals surface area contributed by atoms with Crippen LogP contribution < -0.4 is 0 Å². The van der Waals surface area contributed by atoms with Gasteiger partial charge in [0.05, 0.1) is 11.8 Å². The standard InChI is InChI=1S/C32H33NO5/c1-3-8-18-9-7-12-21(30(18)36)26-20-13-14-22-27(32(38)33(31(22)37)19-10-5-4-6-11-19)23(20)16-24-28(26)25(34)15-17(2)29(24)35/h3,7,9,12-13,15,19,22-23,26-27,36H,1,4-6,8,10-11,14,16H2,2H3. The van der Waals surface area contributed by atoms with Crippen LogP contribution in [0.5, 0.6) is 5.75 Å². The van der Waals surface area contributed by atoms with Crippen molar-refractivity contribution in [3.63, 3.8) is 0 Å². The Morgan fingerprint density at radius 2 is 1.82 bits per heavy atom. The zero-order valence-electron chi connectivity index (χ0n) is 21.7. The molecule has 1 aliphatic heterocycles. The lowest BCUT2D eigenvalue weighted by Gasteiger charge is -2.42. The van der Waals surface area contributed by atoms with Gasteiger partial charge in [-0.15, -0.1) is 6.58 Å². The van der Waals surface area contributed by atoms with Gasteiger partial charge in [0.1, 0.15) is 5.75 Å². The third-order valence-electron chi connectivity index (χ3n) is 9.36. The Balaban J connectivity index is 1.48. The number of carbonyl (C=O) groups excluding carboxylic acids is 4. The molecule has 6 rings (SSSR count). The largest absolute Gasteiger partial charge is 0.507 e. The van der Waals surface area contributed by atoms with E-state index in [9.17, 15) is 24.3 Å². The molecule has 1 saturated carbocycles. The molecule has 1 saturated heterocycles. The van der Waals surface area contributed by atoms with Gasteiger partial charge in [-0.05, 0) is 56.6 Å². The minimum Gasteiger partial charge on any atom is -0.507 e. The monoisotopic (exact) mass is 511 g/mol. The quantitative estimate of drug-likeness (QED) is 0.353. The Kier molecular flexibility index (Phi) is 6.09. The molecular weight excluding hydrogens is 478 g/mol. The van der Waals surface area contributed by atoms with Gasteiger partial charge in [0, 0.05) is 34.2 Å². The van der Waals surface area contributed by atoms with Gasteiger partial charge < -0.3 is 5.11 Å². The Morgan fingerprint density at radius 3 is 2.55 bits per heavy atom. The predicted molar refractivity (Wildman–Crippen MR) is 142 cm³/mol. The van der Waals surface area contributed by atoms with Crippen LogP contribution >= 0.6 is 0 Å². The topological polar surface area (TPSA) is 91.8 Å². The number of likely N-dealkylation sites (tertiary alicyclic amines) is 1. The van der Waals surface area contributed by atoms with E-state index in [1.807, 2.05) is 18.2 Å². The number of fused-ring (bicyclic) bond motifs is 3. The maximum atomic E-state index is 14.0. The number of rotatable bonds is 4. The molecule has 2 fully saturated rings. The van der Waals surface area contributed by atoms with E-state index in [1.54, 1.807) is 24.0 Å². The first-order valence-electron chi connectivity index (χ1n) is 13.8. The van der Waals surface area contributed by atoms with E-state index in [1.165, 1.54) is 6.08 Å². The summed E-state index contributed by atoms with van der Waals surface area (Å²) in [7, 11) is 0. The average molecular weight is 512 g/mol. The van der Waals surface area contributed by atoms with Crippen molar-refractivity contribution in [1.29, 1.82) is 0 Å². The number of nitrogens with zero attached hydrogens (tertiary/aromatic N) is 1. The lowest BCUT2D eigenvalue weighted by Crippen LogP contribution is -2.43. The Labute approximate surface area is 222 Å². The summed E-state index contributed by atoms with van der Waals surface area (Å²) < 4.78 is 0. The van der Waals surface area contributed by atoms with Crippen molar-refractivity contribution in [1.82, 2.24) is 4.90 Å². The van der Waals surface area contributed by atoms with E-state index in [2.05, 4.69) is 6.58 Å². The summed E-state index contributed by atoms with van der Waals surface area (Å²) in [5.41, 5.74) is 3.32. The predicted octanol–water partition coefficient (Wildman–Crippen LogP) is 4.88. The summed E-state index contributed by atoms with van der Waals surface area (Å²) in [6.07, 6.45) is 11.1. The summed E-state index contributed by atoms with van der Waals surface area (Å²) in [5, 5.41) is 11.3. The molecule has 0 aromatic heterocycles. The summed E-state index contributed by atoms with van der Waals surface area (Å²) in [5.74, 6) is -2.54. The molecule has 2 amide bonds. The third-order valence-corrected chi connectivity index (χ3v) is 9.36. The van der Waals surface area contributed by atoms with Gasteiger partial charge in [0.25, 0.3) is 0 Å². The van der Waals surface area contributed by atoms with Crippen molar-refractivity contribution in [2.45, 2.75) is 70.3 Å². The number of ketones is 2. The second-order valence-corrected chi connectivity index (χ2v) is 11.4. The van der Waals surface area contributed by atoms with Crippen LogP contribution in [-0.4, -0.2) is 39.4 Å². The molecule has 4 atom stereocenters. The number of amides is 2. The molecule has 1 N–H and O–H groups in total. The molecule has 6 nitrogen and oxygen atoms in total. The molecule has 38 heavy (non-hydrogen) atoms. The summed E-state index contributed by atoms with van der Waals surface area (Å²) in [6.45, 7) is 5.43. The molecule has 1 heterocycles. The minimum atomic E-state index is -0.637. The number of Topliss-reactive ketones (excluding diaryl/α,β-unsaturated/α-hetero) is 1. The van der Waals surface area contributed by atoms with Crippen LogP contribution in [0.15, 0.2) is 65.3 Å². The number of phenols is 1. The highest BCUT2D eigenvalue weighted by molar-refractivity contribution is 6.23. The van der Waals surface area contributed by atoms with Gasteiger partial charge in [0.15, 0.2) is 11.6 Å². The molecule has 0 bridgehead atoms. The summed E-state index contributed by atoms with van der Waals surface area (Å²) in [4.78, 5) is 55.9. The number of aromatic hydroxyl groups is 1. The van der Waals surface area contributed by atoms with E-state index in [4.69, 9.17) is 0 Å². The van der Waals surface area contributed by atoms with Crippen LogP contribution in [0.3, 0.4) is 0 Å². The number of carbonyl (C=O) groups is 4. The van der Waals surface area contributed by atoms with Crippen molar-refractivity contribution >= 4 is 23.4 Å². The van der Waals surface area contributed by atoms with Gasteiger partial charge in [-0.25, -0.2) is 0 Å². The highest BCUT2D eigenvalue weighted by Gasteiger charge is 2.57.